The molecule has 1 aromatic carbocycles. The Balaban J connectivity index is 1.89. The first-order chi connectivity index (χ1) is 7.74. The summed E-state index contributed by atoms with van der Waals surface area (Å²) in [6, 6.07) is 5.70. The largest absolute Gasteiger partial charge is 0.326 e. The molecule has 0 bridgehead atoms. The number of benzene rings is 1. The number of nitrogens with one attached hydrogen (secondary N) is 2. The van der Waals surface area contributed by atoms with E-state index < -0.39 is 0 Å². The monoisotopic (exact) mass is 279 g/mol. The predicted molar refractivity (Wildman–Crippen MR) is 65.1 cm³/mol. The molecule has 5 heteroatoms. The standard InChI is InChI=1S/C11H10BrN3O/c12-10-8-4-3-7(5-9(8)14-15-10)13-11(16)6-1-2-6/h3-6H,1-2H2,(H,13,16)(H,14,15). The van der Waals surface area contributed by atoms with Crippen LogP contribution < -0.4 is 5.32 Å². The lowest BCUT2D eigenvalue weighted by Gasteiger charge is -2.03. The van der Waals surface area contributed by atoms with Gasteiger partial charge in [-0.2, -0.15) is 5.10 Å². The van der Waals surface area contributed by atoms with Crippen molar-refractivity contribution in [1.82, 2.24) is 10.2 Å². The van der Waals surface area contributed by atoms with Gasteiger partial charge in [0.2, 0.25) is 5.91 Å². The first-order valence-corrected chi connectivity index (χ1v) is 5.98. The third-order valence-electron chi connectivity index (χ3n) is 2.72. The maximum Gasteiger partial charge on any atom is 0.227 e. The average molecular weight is 280 g/mol. The number of aromatic amines is 1. The number of H-pyrrole nitrogens is 1. The van der Waals surface area contributed by atoms with Crippen molar-refractivity contribution in [2.75, 3.05) is 5.32 Å². The van der Waals surface area contributed by atoms with Crippen LogP contribution in [0.25, 0.3) is 10.9 Å². The van der Waals surface area contributed by atoms with Gasteiger partial charge in [-0.05, 0) is 47.0 Å². The number of anilines is 1. The van der Waals surface area contributed by atoms with Crippen LogP contribution in [0.1, 0.15) is 12.8 Å². The number of amides is 1. The molecule has 16 heavy (non-hydrogen) atoms. The summed E-state index contributed by atoms with van der Waals surface area (Å²) in [4.78, 5) is 11.6. The first kappa shape index (κ1) is 9.84. The molecule has 0 atom stereocenters. The van der Waals surface area contributed by atoms with E-state index in [0.717, 1.165) is 34.0 Å². The Hall–Kier alpha value is -1.36. The smallest absolute Gasteiger partial charge is 0.227 e. The van der Waals surface area contributed by atoms with E-state index in [2.05, 4.69) is 31.4 Å². The second-order valence-corrected chi connectivity index (χ2v) is 4.83. The van der Waals surface area contributed by atoms with Crippen molar-refractivity contribution >= 4 is 38.4 Å². The minimum absolute atomic E-state index is 0.119. The highest BCUT2D eigenvalue weighted by Crippen LogP contribution is 2.31. The van der Waals surface area contributed by atoms with E-state index in [4.69, 9.17) is 0 Å². The highest BCUT2D eigenvalue weighted by atomic mass is 79.9. The molecule has 1 aliphatic rings. The minimum atomic E-state index is 0.119. The van der Waals surface area contributed by atoms with E-state index >= 15 is 0 Å². The number of aromatic nitrogens is 2. The van der Waals surface area contributed by atoms with Gasteiger partial charge in [0.15, 0.2) is 0 Å². The Labute approximate surface area is 101 Å². The maximum absolute atomic E-state index is 11.6. The van der Waals surface area contributed by atoms with Crippen molar-refractivity contribution in [1.29, 1.82) is 0 Å². The molecule has 0 aliphatic heterocycles. The number of rotatable bonds is 2. The fourth-order valence-electron chi connectivity index (χ4n) is 1.65. The van der Waals surface area contributed by atoms with E-state index in [1.807, 2.05) is 18.2 Å². The third-order valence-corrected chi connectivity index (χ3v) is 3.33. The summed E-state index contributed by atoms with van der Waals surface area (Å²) >= 11 is 3.37. The maximum atomic E-state index is 11.6. The molecular formula is C11H10BrN3O. The molecule has 1 fully saturated rings. The van der Waals surface area contributed by atoms with Crippen LogP contribution in [0.5, 0.6) is 0 Å². The Morgan fingerprint density at radius 3 is 3.06 bits per heavy atom. The molecule has 82 valence electrons. The van der Waals surface area contributed by atoms with Crippen molar-refractivity contribution in [3.05, 3.63) is 22.8 Å². The number of fused-ring (bicyclic) bond motifs is 1. The van der Waals surface area contributed by atoms with Gasteiger partial charge in [-0.15, -0.1) is 0 Å². The lowest BCUT2D eigenvalue weighted by atomic mass is 10.2. The molecule has 1 aromatic heterocycles. The number of hydrogen-bond donors (Lipinski definition) is 2. The van der Waals surface area contributed by atoms with Crippen LogP contribution in [0.4, 0.5) is 5.69 Å². The first-order valence-electron chi connectivity index (χ1n) is 5.18. The van der Waals surface area contributed by atoms with Gasteiger partial charge in [0.1, 0.15) is 4.60 Å². The molecule has 1 heterocycles. The Morgan fingerprint density at radius 1 is 1.50 bits per heavy atom. The summed E-state index contributed by atoms with van der Waals surface area (Å²) in [5.74, 6) is 0.343. The zero-order chi connectivity index (χ0) is 11.1. The van der Waals surface area contributed by atoms with Crippen molar-refractivity contribution in [3.8, 4) is 0 Å². The lowest BCUT2D eigenvalue weighted by Crippen LogP contribution is -2.12. The number of carbonyl (C=O) groups excluding carboxylic acids is 1. The van der Waals surface area contributed by atoms with Gasteiger partial charge in [0.05, 0.1) is 5.52 Å². The molecule has 2 N–H and O–H groups in total. The van der Waals surface area contributed by atoms with E-state index in [-0.39, 0.29) is 11.8 Å². The fraction of sp³-hybridized carbons (Fsp3) is 0.273. The summed E-state index contributed by atoms with van der Waals surface area (Å²) in [6.45, 7) is 0. The van der Waals surface area contributed by atoms with Crippen LogP contribution in [0.3, 0.4) is 0 Å². The van der Waals surface area contributed by atoms with Gasteiger partial charge in [-0.25, -0.2) is 0 Å². The predicted octanol–water partition coefficient (Wildman–Crippen LogP) is 2.67. The minimum Gasteiger partial charge on any atom is -0.326 e. The Kier molecular flexibility index (Phi) is 2.21. The molecule has 0 unspecified atom stereocenters. The number of hydrogen-bond acceptors (Lipinski definition) is 2. The highest BCUT2D eigenvalue weighted by molar-refractivity contribution is 9.10. The van der Waals surface area contributed by atoms with Crippen molar-refractivity contribution in [3.63, 3.8) is 0 Å². The molecule has 0 spiro atoms. The molecular weight excluding hydrogens is 270 g/mol. The van der Waals surface area contributed by atoms with Crippen LogP contribution in [0, 0.1) is 5.92 Å². The SMILES string of the molecule is O=C(Nc1ccc2c(Br)[nH]nc2c1)C1CC1. The number of halogens is 1. The Morgan fingerprint density at radius 2 is 2.31 bits per heavy atom. The Bertz CT molecular complexity index is 559. The van der Waals surface area contributed by atoms with Crippen LogP contribution in [-0.2, 0) is 4.79 Å². The van der Waals surface area contributed by atoms with Gasteiger partial charge >= 0.3 is 0 Å². The van der Waals surface area contributed by atoms with Gasteiger partial charge < -0.3 is 5.32 Å². The quantitative estimate of drug-likeness (QED) is 0.888. The average Bonchev–Trinajstić information content (AvgIpc) is 3.05. The second-order valence-electron chi connectivity index (χ2n) is 4.03. The summed E-state index contributed by atoms with van der Waals surface area (Å²) in [5, 5.41) is 10.9. The number of carbonyl (C=O) groups is 1. The van der Waals surface area contributed by atoms with Crippen LogP contribution in [0.15, 0.2) is 22.8 Å². The van der Waals surface area contributed by atoms with Crippen molar-refractivity contribution in [2.24, 2.45) is 5.92 Å². The highest BCUT2D eigenvalue weighted by Gasteiger charge is 2.29. The summed E-state index contributed by atoms with van der Waals surface area (Å²) in [5.41, 5.74) is 1.66. The molecule has 3 rings (SSSR count). The molecule has 0 radical (unpaired) electrons. The zero-order valence-corrected chi connectivity index (χ0v) is 10.0. The fourth-order valence-corrected chi connectivity index (χ4v) is 2.07. The van der Waals surface area contributed by atoms with Crippen molar-refractivity contribution < 1.29 is 4.79 Å². The molecule has 2 aromatic rings. The van der Waals surface area contributed by atoms with Gasteiger partial charge in [-0.1, -0.05) is 0 Å². The van der Waals surface area contributed by atoms with Crippen LogP contribution >= 0.6 is 15.9 Å². The van der Waals surface area contributed by atoms with Gasteiger partial charge in [0.25, 0.3) is 0 Å². The van der Waals surface area contributed by atoms with Crippen molar-refractivity contribution in [2.45, 2.75) is 12.8 Å². The summed E-state index contributed by atoms with van der Waals surface area (Å²) < 4.78 is 0.863. The van der Waals surface area contributed by atoms with E-state index in [1.54, 1.807) is 0 Å². The van der Waals surface area contributed by atoms with Gasteiger partial charge in [-0.3, -0.25) is 9.89 Å². The van der Waals surface area contributed by atoms with Gasteiger partial charge in [0, 0.05) is 17.0 Å². The molecule has 0 saturated heterocycles. The summed E-state index contributed by atoms with van der Waals surface area (Å²) in [7, 11) is 0. The van der Waals surface area contributed by atoms with Crippen LogP contribution in [-0.4, -0.2) is 16.1 Å². The lowest BCUT2D eigenvalue weighted by molar-refractivity contribution is -0.117. The molecule has 1 aliphatic carbocycles. The zero-order valence-electron chi connectivity index (χ0n) is 8.46. The molecule has 4 nitrogen and oxygen atoms in total. The molecule has 1 amide bonds. The summed E-state index contributed by atoms with van der Waals surface area (Å²) in [6.07, 6.45) is 2.03. The third kappa shape index (κ3) is 1.71. The van der Waals surface area contributed by atoms with E-state index in [9.17, 15) is 4.79 Å². The number of nitrogens with zero attached hydrogens (tertiary/aromatic N) is 1. The molecule has 1 saturated carbocycles. The van der Waals surface area contributed by atoms with Crippen LogP contribution in [0.2, 0.25) is 0 Å². The normalized spacial score (nSPS) is 15.3. The van der Waals surface area contributed by atoms with E-state index in [1.165, 1.54) is 0 Å². The van der Waals surface area contributed by atoms with E-state index in [0.29, 0.717) is 0 Å². The second kappa shape index (κ2) is 3.59. The topological polar surface area (TPSA) is 57.8 Å².